The summed E-state index contributed by atoms with van der Waals surface area (Å²) in [7, 11) is 1.89. The van der Waals surface area contributed by atoms with Gasteiger partial charge in [0.05, 0.1) is 6.20 Å². The van der Waals surface area contributed by atoms with E-state index in [-0.39, 0.29) is 0 Å². The number of anilines is 1. The molecule has 0 aliphatic rings. The Bertz CT molecular complexity index is 1040. The number of aromatic nitrogens is 3. The molecule has 4 rings (SSSR count). The maximum atomic E-state index is 6.07. The lowest BCUT2D eigenvalue weighted by Crippen LogP contribution is -1.94. The number of nitrogens with two attached hydrogens (primary N) is 1. The number of hydrogen-bond acceptors (Lipinski definition) is 4. The second-order valence-electron chi connectivity index (χ2n) is 6.00. The van der Waals surface area contributed by atoms with E-state index in [4.69, 9.17) is 10.5 Å². The fraction of sp³-hybridized carbons (Fsp3) is 0.100. The molecule has 0 amide bonds. The van der Waals surface area contributed by atoms with E-state index < -0.39 is 0 Å². The smallest absolute Gasteiger partial charge is 0.120 e. The third kappa shape index (κ3) is 3.17. The van der Waals surface area contributed by atoms with Gasteiger partial charge in [0.2, 0.25) is 0 Å². The van der Waals surface area contributed by atoms with E-state index in [1.807, 2.05) is 37.6 Å². The standard InChI is InChI=1S/C20H18N4O/c1-24-12-14(10-23-24)13-25-18-5-4-15-2-3-16(8-17(15)9-18)19-11-22-7-6-20(19)21/h2-12H,13H2,1H3,(H2,21,22). The van der Waals surface area contributed by atoms with Gasteiger partial charge in [0.1, 0.15) is 12.4 Å². The summed E-state index contributed by atoms with van der Waals surface area (Å²) in [4.78, 5) is 4.17. The van der Waals surface area contributed by atoms with Gasteiger partial charge in [0.25, 0.3) is 0 Å². The highest BCUT2D eigenvalue weighted by Crippen LogP contribution is 2.29. The number of aryl methyl sites for hydroxylation is 1. The van der Waals surface area contributed by atoms with Crippen LogP contribution in [0.5, 0.6) is 5.75 Å². The zero-order valence-electron chi connectivity index (χ0n) is 13.9. The maximum Gasteiger partial charge on any atom is 0.120 e. The molecule has 0 spiro atoms. The van der Waals surface area contributed by atoms with Crippen LogP contribution < -0.4 is 10.5 Å². The van der Waals surface area contributed by atoms with Gasteiger partial charge in [-0.15, -0.1) is 0 Å². The predicted octanol–water partition coefficient (Wildman–Crippen LogP) is 3.80. The molecular formula is C20H18N4O. The van der Waals surface area contributed by atoms with Crippen LogP contribution in [0.15, 0.2) is 67.3 Å². The van der Waals surface area contributed by atoms with E-state index >= 15 is 0 Å². The molecule has 2 heterocycles. The van der Waals surface area contributed by atoms with Crippen LogP contribution in [0, 0.1) is 0 Å². The minimum atomic E-state index is 0.495. The minimum absolute atomic E-state index is 0.495. The van der Waals surface area contributed by atoms with Gasteiger partial charge in [-0.2, -0.15) is 5.10 Å². The minimum Gasteiger partial charge on any atom is -0.489 e. The average molecular weight is 330 g/mol. The molecule has 2 N–H and O–H groups in total. The Balaban J connectivity index is 1.63. The molecule has 0 aliphatic carbocycles. The molecule has 0 atom stereocenters. The summed E-state index contributed by atoms with van der Waals surface area (Å²) in [5.74, 6) is 0.827. The van der Waals surface area contributed by atoms with Crippen molar-refractivity contribution < 1.29 is 4.74 Å². The summed E-state index contributed by atoms with van der Waals surface area (Å²) >= 11 is 0. The van der Waals surface area contributed by atoms with Gasteiger partial charge >= 0.3 is 0 Å². The molecule has 5 nitrogen and oxygen atoms in total. The fourth-order valence-electron chi connectivity index (χ4n) is 2.84. The van der Waals surface area contributed by atoms with Crippen LogP contribution in [0.3, 0.4) is 0 Å². The first kappa shape index (κ1) is 15.2. The topological polar surface area (TPSA) is 66.0 Å². The molecular weight excluding hydrogens is 312 g/mol. The molecule has 25 heavy (non-hydrogen) atoms. The van der Waals surface area contributed by atoms with Gasteiger partial charge in [-0.3, -0.25) is 9.67 Å². The highest BCUT2D eigenvalue weighted by atomic mass is 16.5. The average Bonchev–Trinajstić information content (AvgIpc) is 3.05. The Hall–Kier alpha value is -3.34. The summed E-state index contributed by atoms with van der Waals surface area (Å²) in [6, 6.07) is 14.2. The van der Waals surface area contributed by atoms with E-state index in [0.29, 0.717) is 6.61 Å². The molecule has 0 unspecified atom stereocenters. The van der Waals surface area contributed by atoms with Gasteiger partial charge in [0.15, 0.2) is 0 Å². The first-order chi connectivity index (χ1) is 12.2. The first-order valence-corrected chi connectivity index (χ1v) is 8.03. The lowest BCUT2D eigenvalue weighted by molar-refractivity contribution is 0.306. The van der Waals surface area contributed by atoms with Crippen molar-refractivity contribution in [2.45, 2.75) is 6.61 Å². The second kappa shape index (κ2) is 6.28. The van der Waals surface area contributed by atoms with E-state index in [9.17, 15) is 0 Å². The number of rotatable bonds is 4. The number of nitrogens with zero attached hydrogens (tertiary/aromatic N) is 3. The summed E-state index contributed by atoms with van der Waals surface area (Å²) < 4.78 is 7.66. The molecule has 0 bridgehead atoms. The molecule has 0 saturated heterocycles. The summed E-state index contributed by atoms with van der Waals surface area (Å²) in [5, 5.41) is 6.41. The van der Waals surface area contributed by atoms with Gasteiger partial charge in [-0.1, -0.05) is 18.2 Å². The van der Waals surface area contributed by atoms with Crippen LogP contribution in [0.1, 0.15) is 5.56 Å². The van der Waals surface area contributed by atoms with Crippen molar-refractivity contribution in [3.63, 3.8) is 0 Å². The predicted molar refractivity (Wildman–Crippen MR) is 99.1 cm³/mol. The van der Waals surface area contributed by atoms with Crippen molar-refractivity contribution in [3.8, 4) is 16.9 Å². The Morgan fingerprint density at radius 1 is 1.04 bits per heavy atom. The van der Waals surface area contributed by atoms with Crippen molar-refractivity contribution >= 4 is 16.5 Å². The van der Waals surface area contributed by atoms with E-state index in [1.165, 1.54) is 0 Å². The molecule has 2 aromatic carbocycles. The summed E-state index contributed by atoms with van der Waals surface area (Å²) in [5.41, 5.74) is 9.81. The van der Waals surface area contributed by atoms with Crippen LogP contribution in [-0.2, 0) is 13.7 Å². The molecule has 0 radical (unpaired) electrons. The van der Waals surface area contributed by atoms with Crippen LogP contribution >= 0.6 is 0 Å². The Kier molecular flexibility index (Phi) is 3.82. The lowest BCUT2D eigenvalue weighted by Gasteiger charge is -2.09. The monoisotopic (exact) mass is 330 g/mol. The van der Waals surface area contributed by atoms with Crippen LogP contribution in [0.4, 0.5) is 5.69 Å². The quantitative estimate of drug-likeness (QED) is 0.618. The number of nitrogen functional groups attached to an aromatic ring is 1. The third-order valence-corrected chi connectivity index (χ3v) is 4.14. The molecule has 0 saturated carbocycles. The number of hydrogen-bond donors (Lipinski definition) is 1. The number of pyridine rings is 1. The summed E-state index contributed by atoms with van der Waals surface area (Å²) in [6.07, 6.45) is 7.25. The van der Waals surface area contributed by atoms with E-state index in [1.54, 1.807) is 17.1 Å². The number of fused-ring (bicyclic) bond motifs is 1. The van der Waals surface area contributed by atoms with Crippen molar-refractivity contribution in [1.29, 1.82) is 0 Å². The van der Waals surface area contributed by atoms with Crippen LogP contribution in [0.2, 0.25) is 0 Å². The highest BCUT2D eigenvalue weighted by Gasteiger charge is 2.05. The van der Waals surface area contributed by atoms with E-state index in [0.717, 1.165) is 38.9 Å². The van der Waals surface area contributed by atoms with Gasteiger partial charge in [0, 0.05) is 42.5 Å². The SMILES string of the molecule is Cn1cc(COc2ccc3ccc(-c4cnccc4N)cc3c2)cn1. The maximum absolute atomic E-state index is 6.07. The molecule has 5 heteroatoms. The van der Waals surface area contributed by atoms with Gasteiger partial charge < -0.3 is 10.5 Å². The van der Waals surface area contributed by atoms with Crippen LogP contribution in [-0.4, -0.2) is 14.8 Å². The molecule has 124 valence electrons. The molecule has 2 aromatic heterocycles. The Labute approximate surface area is 145 Å². The Morgan fingerprint density at radius 3 is 2.72 bits per heavy atom. The summed E-state index contributed by atoms with van der Waals surface area (Å²) in [6.45, 7) is 0.495. The number of ether oxygens (including phenoxy) is 1. The normalized spacial score (nSPS) is 10.9. The van der Waals surface area contributed by atoms with Gasteiger partial charge in [-0.25, -0.2) is 0 Å². The van der Waals surface area contributed by atoms with Gasteiger partial charge in [-0.05, 0) is 40.6 Å². The Morgan fingerprint density at radius 2 is 1.92 bits per heavy atom. The van der Waals surface area contributed by atoms with Crippen molar-refractivity contribution in [1.82, 2.24) is 14.8 Å². The zero-order chi connectivity index (χ0) is 17.2. The van der Waals surface area contributed by atoms with Crippen LogP contribution in [0.25, 0.3) is 21.9 Å². The molecule has 4 aromatic rings. The zero-order valence-corrected chi connectivity index (χ0v) is 13.9. The van der Waals surface area contributed by atoms with Crippen molar-refractivity contribution in [2.75, 3.05) is 5.73 Å². The first-order valence-electron chi connectivity index (χ1n) is 8.03. The number of benzene rings is 2. The van der Waals surface area contributed by atoms with Crippen molar-refractivity contribution in [2.24, 2.45) is 7.05 Å². The third-order valence-electron chi connectivity index (χ3n) is 4.14. The van der Waals surface area contributed by atoms with E-state index in [2.05, 4.69) is 34.3 Å². The fourth-order valence-corrected chi connectivity index (χ4v) is 2.84. The molecule has 0 aliphatic heterocycles. The van der Waals surface area contributed by atoms with Crippen molar-refractivity contribution in [3.05, 3.63) is 72.8 Å². The molecule has 0 fully saturated rings. The largest absolute Gasteiger partial charge is 0.489 e. The lowest BCUT2D eigenvalue weighted by atomic mass is 10.0. The second-order valence-corrected chi connectivity index (χ2v) is 6.00. The highest BCUT2D eigenvalue weighted by molar-refractivity contribution is 5.90.